The van der Waals surface area contributed by atoms with E-state index >= 15 is 0 Å². The van der Waals surface area contributed by atoms with Crippen molar-refractivity contribution in [3.8, 4) is 11.8 Å². The zero-order chi connectivity index (χ0) is 20.0. The van der Waals surface area contributed by atoms with Gasteiger partial charge in [0.05, 0.1) is 11.1 Å². The molecule has 140 valence electrons. The molecular formula is C22H23ClN2O2. The van der Waals surface area contributed by atoms with Gasteiger partial charge in [0.15, 0.2) is 0 Å². The molecule has 2 aromatic carbocycles. The van der Waals surface area contributed by atoms with Gasteiger partial charge in [-0.05, 0) is 74.2 Å². The van der Waals surface area contributed by atoms with E-state index in [1.807, 2.05) is 52.0 Å². The van der Waals surface area contributed by atoms with Crippen molar-refractivity contribution in [1.29, 1.82) is 5.26 Å². The number of anilines is 1. The fraction of sp³-hybridized carbons (Fsp3) is 0.273. The van der Waals surface area contributed by atoms with Crippen LogP contribution in [0.5, 0.6) is 5.75 Å². The number of rotatable bonds is 6. The molecule has 0 fully saturated rings. The van der Waals surface area contributed by atoms with Crippen LogP contribution >= 0.6 is 11.6 Å². The summed E-state index contributed by atoms with van der Waals surface area (Å²) in [5.41, 5.74) is 3.39. The highest BCUT2D eigenvalue weighted by atomic mass is 35.5. The Kier molecular flexibility index (Phi) is 7.04. The van der Waals surface area contributed by atoms with Gasteiger partial charge in [0.25, 0.3) is 5.91 Å². The average Bonchev–Trinajstić information content (AvgIpc) is 2.60. The number of carbonyl (C=O) groups is 1. The van der Waals surface area contributed by atoms with Crippen LogP contribution in [0.25, 0.3) is 6.08 Å². The van der Waals surface area contributed by atoms with Crippen LogP contribution in [0.3, 0.4) is 0 Å². The number of aryl methyl sites for hydroxylation is 2. The van der Waals surface area contributed by atoms with Crippen molar-refractivity contribution in [3.63, 3.8) is 0 Å². The minimum Gasteiger partial charge on any atom is -0.489 e. The third-order valence-electron chi connectivity index (χ3n) is 4.01. The summed E-state index contributed by atoms with van der Waals surface area (Å²) >= 11 is 6.26. The molecule has 27 heavy (non-hydrogen) atoms. The number of nitrogens with one attached hydrogen (secondary N) is 1. The molecule has 0 heterocycles. The van der Waals surface area contributed by atoms with Crippen molar-refractivity contribution in [2.24, 2.45) is 0 Å². The van der Waals surface area contributed by atoms with Gasteiger partial charge < -0.3 is 10.1 Å². The first-order valence-corrected chi connectivity index (χ1v) is 9.17. The summed E-state index contributed by atoms with van der Waals surface area (Å²) in [5.74, 6) is 0.125. The number of hydrogen-bond donors (Lipinski definition) is 1. The summed E-state index contributed by atoms with van der Waals surface area (Å²) in [7, 11) is 0. The molecule has 5 heteroatoms. The lowest BCUT2D eigenvalue weighted by Crippen LogP contribution is -2.13. The molecule has 0 spiro atoms. The van der Waals surface area contributed by atoms with E-state index in [1.54, 1.807) is 18.2 Å². The predicted octanol–water partition coefficient (Wildman–Crippen LogP) is 5.68. The molecule has 0 saturated heterocycles. The monoisotopic (exact) mass is 382 g/mol. The lowest BCUT2D eigenvalue weighted by atomic mass is 10.1. The van der Waals surface area contributed by atoms with Gasteiger partial charge >= 0.3 is 0 Å². The number of halogens is 1. The van der Waals surface area contributed by atoms with Crippen LogP contribution in [-0.2, 0) is 4.79 Å². The fourth-order valence-electron chi connectivity index (χ4n) is 2.56. The normalized spacial score (nSPS) is 12.2. The molecule has 0 aromatic heterocycles. The minimum absolute atomic E-state index is 0.000760. The number of benzene rings is 2. The van der Waals surface area contributed by atoms with Crippen LogP contribution in [0.1, 0.15) is 37.0 Å². The second kappa shape index (κ2) is 9.25. The number of ether oxygens (including phenoxy) is 1. The van der Waals surface area contributed by atoms with Crippen molar-refractivity contribution in [2.45, 2.75) is 40.2 Å². The Labute approximate surface area is 165 Å². The minimum atomic E-state index is -0.460. The quantitative estimate of drug-likeness (QED) is 0.516. The zero-order valence-corrected chi connectivity index (χ0v) is 16.7. The van der Waals surface area contributed by atoms with Crippen molar-refractivity contribution >= 4 is 29.3 Å². The van der Waals surface area contributed by atoms with E-state index in [2.05, 4.69) is 5.32 Å². The van der Waals surface area contributed by atoms with Gasteiger partial charge in [-0.15, -0.1) is 0 Å². The molecule has 4 nitrogen and oxygen atoms in total. The standard InChI is InChI=1S/C22H23ClN2O2/c1-5-16(4)27-21-7-6-17(12-20(21)23)11-18(13-24)22(26)25-19-9-14(2)8-15(3)10-19/h6-12,16H,5H2,1-4H3,(H,25,26)/b18-11-/t16-/m1/s1. The average molecular weight is 383 g/mol. The molecule has 0 aliphatic rings. The molecular weight excluding hydrogens is 360 g/mol. The Hall–Kier alpha value is -2.77. The van der Waals surface area contributed by atoms with Gasteiger partial charge in [-0.25, -0.2) is 0 Å². The van der Waals surface area contributed by atoms with Gasteiger partial charge in [0, 0.05) is 5.69 Å². The van der Waals surface area contributed by atoms with Gasteiger partial charge in [0.2, 0.25) is 0 Å². The van der Waals surface area contributed by atoms with E-state index in [4.69, 9.17) is 16.3 Å². The summed E-state index contributed by atoms with van der Waals surface area (Å²) < 4.78 is 5.73. The van der Waals surface area contributed by atoms with Crippen molar-refractivity contribution in [1.82, 2.24) is 0 Å². The number of carbonyl (C=O) groups excluding carboxylic acids is 1. The third kappa shape index (κ3) is 5.87. The van der Waals surface area contributed by atoms with E-state index in [0.29, 0.717) is 22.0 Å². The predicted molar refractivity (Wildman–Crippen MR) is 110 cm³/mol. The van der Waals surface area contributed by atoms with Crippen LogP contribution in [-0.4, -0.2) is 12.0 Å². The van der Waals surface area contributed by atoms with E-state index in [0.717, 1.165) is 17.5 Å². The molecule has 1 amide bonds. The van der Waals surface area contributed by atoms with Crippen LogP contribution in [0, 0.1) is 25.2 Å². The molecule has 2 rings (SSSR count). The topological polar surface area (TPSA) is 62.1 Å². The molecule has 0 aliphatic heterocycles. The summed E-state index contributed by atoms with van der Waals surface area (Å²) in [5, 5.41) is 12.6. The summed E-state index contributed by atoms with van der Waals surface area (Å²) in [6, 6.07) is 12.9. The van der Waals surface area contributed by atoms with Crippen molar-refractivity contribution in [3.05, 3.63) is 63.7 Å². The Morgan fingerprint density at radius 3 is 2.48 bits per heavy atom. The molecule has 1 atom stereocenters. The molecule has 1 N–H and O–H groups in total. The van der Waals surface area contributed by atoms with Crippen molar-refractivity contribution < 1.29 is 9.53 Å². The number of hydrogen-bond acceptors (Lipinski definition) is 3. The highest BCUT2D eigenvalue weighted by molar-refractivity contribution is 6.32. The maximum absolute atomic E-state index is 12.4. The Morgan fingerprint density at radius 1 is 1.26 bits per heavy atom. The summed E-state index contributed by atoms with van der Waals surface area (Å²) in [4.78, 5) is 12.4. The Morgan fingerprint density at radius 2 is 1.93 bits per heavy atom. The molecule has 0 saturated carbocycles. The molecule has 2 aromatic rings. The SMILES string of the molecule is CC[C@@H](C)Oc1ccc(/C=C(/C#N)C(=O)Nc2cc(C)cc(C)c2)cc1Cl. The molecule has 0 bridgehead atoms. The van der Waals surface area contributed by atoms with Crippen LogP contribution < -0.4 is 10.1 Å². The van der Waals surface area contributed by atoms with Crippen molar-refractivity contribution in [2.75, 3.05) is 5.32 Å². The molecule has 0 unspecified atom stereocenters. The number of amides is 1. The summed E-state index contributed by atoms with van der Waals surface area (Å²) in [6.45, 7) is 7.90. The maximum Gasteiger partial charge on any atom is 0.266 e. The second-order valence-electron chi connectivity index (χ2n) is 6.53. The van der Waals surface area contributed by atoms with E-state index in [-0.39, 0.29) is 11.7 Å². The largest absolute Gasteiger partial charge is 0.489 e. The maximum atomic E-state index is 12.4. The molecule has 0 aliphatic carbocycles. The Bertz CT molecular complexity index is 893. The third-order valence-corrected chi connectivity index (χ3v) is 4.31. The highest BCUT2D eigenvalue weighted by Gasteiger charge is 2.11. The highest BCUT2D eigenvalue weighted by Crippen LogP contribution is 2.28. The van der Waals surface area contributed by atoms with Gasteiger partial charge in [0.1, 0.15) is 17.4 Å². The lowest BCUT2D eigenvalue weighted by Gasteiger charge is -2.14. The van der Waals surface area contributed by atoms with Crippen LogP contribution in [0.4, 0.5) is 5.69 Å². The van der Waals surface area contributed by atoms with E-state index < -0.39 is 5.91 Å². The van der Waals surface area contributed by atoms with Gasteiger partial charge in [-0.2, -0.15) is 5.26 Å². The first-order valence-electron chi connectivity index (χ1n) is 8.80. The fourth-order valence-corrected chi connectivity index (χ4v) is 2.80. The van der Waals surface area contributed by atoms with Crippen LogP contribution in [0.15, 0.2) is 42.0 Å². The number of nitrogens with zero attached hydrogens (tertiary/aromatic N) is 1. The van der Waals surface area contributed by atoms with Gasteiger partial charge in [-0.3, -0.25) is 4.79 Å². The first kappa shape index (κ1) is 20.5. The second-order valence-corrected chi connectivity index (χ2v) is 6.93. The first-order chi connectivity index (χ1) is 12.8. The lowest BCUT2D eigenvalue weighted by molar-refractivity contribution is -0.112. The zero-order valence-electron chi connectivity index (χ0n) is 16.0. The number of nitriles is 1. The summed E-state index contributed by atoms with van der Waals surface area (Å²) in [6.07, 6.45) is 2.44. The van der Waals surface area contributed by atoms with Gasteiger partial charge in [-0.1, -0.05) is 30.7 Å². The molecule has 0 radical (unpaired) electrons. The van der Waals surface area contributed by atoms with E-state index in [1.165, 1.54) is 6.08 Å². The smallest absolute Gasteiger partial charge is 0.266 e. The van der Waals surface area contributed by atoms with E-state index in [9.17, 15) is 10.1 Å². The van der Waals surface area contributed by atoms with Crippen LogP contribution in [0.2, 0.25) is 5.02 Å². The Balaban J connectivity index is 2.21.